The number of nitrogens with one attached hydrogen (secondary N) is 1. The molecule has 0 radical (unpaired) electrons. The van der Waals surface area contributed by atoms with Crippen molar-refractivity contribution in [3.05, 3.63) is 41.7 Å². The molecule has 0 spiro atoms. The third kappa shape index (κ3) is 3.11. The lowest BCUT2D eigenvalue weighted by atomic mass is 10.2. The van der Waals surface area contributed by atoms with Gasteiger partial charge in [0.05, 0.1) is 23.7 Å². The summed E-state index contributed by atoms with van der Waals surface area (Å²) < 4.78 is 7.22. The van der Waals surface area contributed by atoms with Gasteiger partial charge in [-0.1, -0.05) is 5.21 Å². The quantitative estimate of drug-likeness (QED) is 0.924. The van der Waals surface area contributed by atoms with Crippen LogP contribution in [0.5, 0.6) is 0 Å². The second kappa shape index (κ2) is 6.05. The number of benzene rings is 1. The molecule has 2 heterocycles. The van der Waals surface area contributed by atoms with Gasteiger partial charge >= 0.3 is 0 Å². The third-order valence-corrected chi connectivity index (χ3v) is 3.61. The Labute approximate surface area is 123 Å². The molecule has 1 atom stereocenters. The molecule has 1 N–H and O–H groups in total. The van der Waals surface area contributed by atoms with Crippen molar-refractivity contribution in [3.63, 3.8) is 0 Å². The van der Waals surface area contributed by atoms with Crippen LogP contribution in [0.3, 0.4) is 0 Å². The lowest BCUT2D eigenvalue weighted by Crippen LogP contribution is -2.31. The Balaban J connectivity index is 1.63. The van der Waals surface area contributed by atoms with Gasteiger partial charge in [-0.05, 0) is 44.0 Å². The van der Waals surface area contributed by atoms with Crippen molar-refractivity contribution in [2.75, 3.05) is 13.2 Å². The van der Waals surface area contributed by atoms with Crippen LogP contribution in [0.4, 0.5) is 0 Å². The van der Waals surface area contributed by atoms with Gasteiger partial charge in [0.15, 0.2) is 0 Å². The summed E-state index contributed by atoms with van der Waals surface area (Å²) in [6.45, 7) is 3.30. The maximum atomic E-state index is 12.1. The molecule has 1 amide bonds. The van der Waals surface area contributed by atoms with Crippen LogP contribution in [0.25, 0.3) is 5.69 Å². The molecule has 1 saturated heterocycles. The van der Waals surface area contributed by atoms with Crippen LogP contribution in [-0.4, -0.2) is 40.2 Å². The number of hydrogen-bond donors (Lipinski definition) is 1. The molecule has 0 bridgehead atoms. The summed E-state index contributed by atoms with van der Waals surface area (Å²) in [5.74, 6) is -0.0765. The van der Waals surface area contributed by atoms with Crippen molar-refractivity contribution in [1.82, 2.24) is 20.3 Å². The van der Waals surface area contributed by atoms with Crippen LogP contribution in [0.2, 0.25) is 0 Å². The Bertz CT molecular complexity index is 615. The van der Waals surface area contributed by atoms with Crippen molar-refractivity contribution in [2.24, 2.45) is 0 Å². The summed E-state index contributed by atoms with van der Waals surface area (Å²) in [5.41, 5.74) is 2.47. The molecular formula is C15H18N4O2. The molecule has 1 aromatic carbocycles. The van der Waals surface area contributed by atoms with E-state index < -0.39 is 0 Å². The van der Waals surface area contributed by atoms with Gasteiger partial charge in [0.25, 0.3) is 5.91 Å². The molecule has 0 unspecified atom stereocenters. The number of carbonyl (C=O) groups is 1. The smallest absolute Gasteiger partial charge is 0.251 e. The van der Waals surface area contributed by atoms with E-state index >= 15 is 0 Å². The van der Waals surface area contributed by atoms with E-state index in [1.807, 2.05) is 19.1 Å². The summed E-state index contributed by atoms with van der Waals surface area (Å²) in [6, 6.07) is 7.31. The fraction of sp³-hybridized carbons (Fsp3) is 0.400. The van der Waals surface area contributed by atoms with Crippen molar-refractivity contribution < 1.29 is 9.53 Å². The fourth-order valence-electron chi connectivity index (χ4n) is 2.41. The van der Waals surface area contributed by atoms with E-state index in [9.17, 15) is 4.79 Å². The zero-order valence-electron chi connectivity index (χ0n) is 12.0. The van der Waals surface area contributed by atoms with E-state index in [1.54, 1.807) is 23.0 Å². The molecule has 0 aliphatic carbocycles. The molecule has 6 nitrogen and oxygen atoms in total. The average Bonchev–Trinajstić information content (AvgIpc) is 3.16. The Kier molecular flexibility index (Phi) is 3.96. The van der Waals surface area contributed by atoms with Crippen molar-refractivity contribution in [3.8, 4) is 5.69 Å². The second-order valence-electron chi connectivity index (χ2n) is 5.18. The van der Waals surface area contributed by atoms with Gasteiger partial charge in [-0.2, -0.15) is 0 Å². The average molecular weight is 286 g/mol. The lowest BCUT2D eigenvalue weighted by Gasteiger charge is -2.11. The van der Waals surface area contributed by atoms with E-state index in [0.717, 1.165) is 30.8 Å². The highest BCUT2D eigenvalue weighted by Gasteiger charge is 2.16. The van der Waals surface area contributed by atoms with Gasteiger partial charge in [-0.25, -0.2) is 4.68 Å². The molecule has 0 saturated carbocycles. The minimum atomic E-state index is -0.0765. The summed E-state index contributed by atoms with van der Waals surface area (Å²) in [7, 11) is 0. The van der Waals surface area contributed by atoms with E-state index in [2.05, 4.69) is 15.6 Å². The number of carbonyl (C=O) groups excluding carboxylic acids is 1. The molecular weight excluding hydrogens is 268 g/mol. The monoisotopic (exact) mass is 286 g/mol. The maximum absolute atomic E-state index is 12.1. The molecule has 1 aliphatic rings. The van der Waals surface area contributed by atoms with Gasteiger partial charge in [0.2, 0.25) is 0 Å². The van der Waals surface area contributed by atoms with Crippen molar-refractivity contribution in [2.45, 2.75) is 25.9 Å². The number of amides is 1. The molecule has 1 fully saturated rings. The molecule has 6 heteroatoms. The number of ether oxygens (including phenoxy) is 1. The number of nitrogens with zero attached hydrogens (tertiary/aromatic N) is 3. The highest BCUT2D eigenvalue weighted by Crippen LogP contribution is 2.12. The minimum absolute atomic E-state index is 0.0765. The van der Waals surface area contributed by atoms with Gasteiger partial charge in [0, 0.05) is 18.7 Å². The number of aromatic nitrogens is 3. The Morgan fingerprint density at radius 3 is 2.86 bits per heavy atom. The number of hydrogen-bond acceptors (Lipinski definition) is 4. The molecule has 3 rings (SSSR count). The molecule has 1 aromatic heterocycles. The predicted octanol–water partition coefficient (Wildman–Crippen LogP) is 1.48. The maximum Gasteiger partial charge on any atom is 0.251 e. The highest BCUT2D eigenvalue weighted by atomic mass is 16.5. The summed E-state index contributed by atoms with van der Waals surface area (Å²) in [5, 5.41) is 10.8. The SMILES string of the molecule is Cc1cnnn1-c1ccc(C(=O)NC[C@H]2CCCO2)cc1. The first kappa shape index (κ1) is 13.8. The molecule has 21 heavy (non-hydrogen) atoms. The highest BCUT2D eigenvalue weighted by molar-refractivity contribution is 5.94. The predicted molar refractivity (Wildman–Crippen MR) is 77.4 cm³/mol. The normalized spacial score (nSPS) is 17.9. The molecule has 2 aromatic rings. The Morgan fingerprint density at radius 2 is 2.24 bits per heavy atom. The lowest BCUT2D eigenvalue weighted by molar-refractivity contribution is 0.0858. The van der Waals surface area contributed by atoms with Crippen LogP contribution < -0.4 is 5.32 Å². The van der Waals surface area contributed by atoms with E-state index in [0.29, 0.717) is 12.1 Å². The zero-order chi connectivity index (χ0) is 14.7. The first-order valence-corrected chi connectivity index (χ1v) is 7.11. The first-order valence-electron chi connectivity index (χ1n) is 7.11. The zero-order valence-corrected chi connectivity index (χ0v) is 12.0. The van der Waals surface area contributed by atoms with E-state index in [-0.39, 0.29) is 12.0 Å². The summed E-state index contributed by atoms with van der Waals surface area (Å²) >= 11 is 0. The number of aryl methyl sites for hydroxylation is 1. The Hall–Kier alpha value is -2.21. The van der Waals surface area contributed by atoms with Crippen LogP contribution in [-0.2, 0) is 4.74 Å². The van der Waals surface area contributed by atoms with E-state index in [1.165, 1.54) is 0 Å². The largest absolute Gasteiger partial charge is 0.376 e. The molecule has 110 valence electrons. The second-order valence-corrected chi connectivity index (χ2v) is 5.18. The number of rotatable bonds is 4. The third-order valence-electron chi connectivity index (χ3n) is 3.61. The standard InChI is InChI=1S/C15H18N4O2/c1-11-9-17-18-19(11)13-6-4-12(5-7-13)15(20)16-10-14-3-2-8-21-14/h4-7,9,14H,2-3,8,10H2,1H3,(H,16,20)/t14-/m1/s1. The topological polar surface area (TPSA) is 69.0 Å². The minimum Gasteiger partial charge on any atom is -0.376 e. The molecule has 1 aliphatic heterocycles. The van der Waals surface area contributed by atoms with Crippen molar-refractivity contribution in [1.29, 1.82) is 0 Å². The summed E-state index contributed by atoms with van der Waals surface area (Å²) in [6.07, 6.45) is 3.95. The van der Waals surface area contributed by atoms with Gasteiger partial charge in [-0.3, -0.25) is 4.79 Å². The first-order chi connectivity index (χ1) is 10.2. The van der Waals surface area contributed by atoms with Gasteiger partial charge < -0.3 is 10.1 Å². The van der Waals surface area contributed by atoms with Gasteiger partial charge in [-0.15, -0.1) is 5.10 Å². The van der Waals surface area contributed by atoms with E-state index in [4.69, 9.17) is 4.74 Å². The Morgan fingerprint density at radius 1 is 1.43 bits per heavy atom. The van der Waals surface area contributed by atoms with Gasteiger partial charge in [0.1, 0.15) is 0 Å². The van der Waals surface area contributed by atoms with Crippen molar-refractivity contribution >= 4 is 5.91 Å². The summed E-state index contributed by atoms with van der Waals surface area (Å²) in [4.78, 5) is 12.1. The fourth-order valence-corrected chi connectivity index (χ4v) is 2.41. The van der Waals surface area contributed by atoms with Crippen LogP contribution in [0, 0.1) is 6.92 Å². The van der Waals surface area contributed by atoms with Crippen LogP contribution in [0.15, 0.2) is 30.5 Å². The van der Waals surface area contributed by atoms with Crippen LogP contribution in [0.1, 0.15) is 28.9 Å². The van der Waals surface area contributed by atoms with Crippen LogP contribution >= 0.6 is 0 Å².